The molecule has 0 bridgehead atoms. The van der Waals surface area contributed by atoms with Crippen LogP contribution in [0, 0.1) is 6.92 Å². The van der Waals surface area contributed by atoms with E-state index in [0.717, 1.165) is 9.88 Å². The third-order valence-electron chi connectivity index (χ3n) is 2.99. The van der Waals surface area contributed by atoms with Crippen LogP contribution < -0.4 is 5.32 Å². The minimum absolute atomic E-state index is 0.0578. The lowest BCUT2D eigenvalue weighted by Gasteiger charge is -2.24. The highest BCUT2D eigenvalue weighted by molar-refractivity contribution is 9.10. The van der Waals surface area contributed by atoms with Crippen molar-refractivity contribution in [1.29, 1.82) is 0 Å². The van der Waals surface area contributed by atoms with Gasteiger partial charge in [0.05, 0.1) is 11.1 Å². The Kier molecular flexibility index (Phi) is 4.67. The second kappa shape index (κ2) is 6.18. The molecule has 1 aromatic heterocycles. The quantitative estimate of drug-likeness (QED) is 0.846. The van der Waals surface area contributed by atoms with Crippen molar-refractivity contribution < 1.29 is 14.7 Å². The van der Waals surface area contributed by atoms with Crippen molar-refractivity contribution in [3.8, 4) is 0 Å². The van der Waals surface area contributed by atoms with Crippen molar-refractivity contribution >= 4 is 39.1 Å². The van der Waals surface area contributed by atoms with Gasteiger partial charge in [0.1, 0.15) is 5.01 Å². The van der Waals surface area contributed by atoms with Crippen LogP contribution in [0.1, 0.15) is 44.4 Å². The largest absolute Gasteiger partial charge is 0.478 e. The number of carboxylic acids is 1. The molecule has 1 aromatic carbocycles. The molecule has 116 valence electrons. The van der Waals surface area contributed by atoms with Crippen molar-refractivity contribution in [2.24, 2.45) is 0 Å². The fraction of sp³-hybridized carbons (Fsp3) is 0.267. The number of carbonyl (C=O) groups is 2. The van der Waals surface area contributed by atoms with Gasteiger partial charge >= 0.3 is 5.97 Å². The standard InChI is InChI=1S/C15H15BrN2O3S/c1-8-7-17-14(22-8)15(2,3)18-12(19)9-4-10(13(20)21)6-11(16)5-9/h4-7H,1-3H3,(H,18,19)(H,20,21). The number of aryl methyl sites for hydroxylation is 1. The van der Waals surface area contributed by atoms with Crippen molar-refractivity contribution in [1.82, 2.24) is 10.3 Å². The summed E-state index contributed by atoms with van der Waals surface area (Å²) >= 11 is 4.74. The summed E-state index contributed by atoms with van der Waals surface area (Å²) in [7, 11) is 0. The Morgan fingerprint density at radius 3 is 2.45 bits per heavy atom. The summed E-state index contributed by atoms with van der Waals surface area (Å²) in [6.45, 7) is 5.67. The molecule has 2 rings (SSSR count). The summed E-state index contributed by atoms with van der Waals surface area (Å²) in [5.74, 6) is -1.42. The van der Waals surface area contributed by atoms with Gasteiger partial charge in [0, 0.05) is 21.1 Å². The molecule has 0 aliphatic carbocycles. The van der Waals surface area contributed by atoms with Crippen LogP contribution in [0.5, 0.6) is 0 Å². The molecule has 0 atom stereocenters. The second-order valence-electron chi connectivity index (χ2n) is 5.39. The van der Waals surface area contributed by atoms with Crippen LogP contribution in [-0.4, -0.2) is 22.0 Å². The summed E-state index contributed by atoms with van der Waals surface area (Å²) in [5.41, 5.74) is -0.294. The Morgan fingerprint density at radius 2 is 1.91 bits per heavy atom. The molecule has 0 aliphatic heterocycles. The second-order valence-corrected chi connectivity index (χ2v) is 7.54. The third kappa shape index (κ3) is 3.72. The lowest BCUT2D eigenvalue weighted by Crippen LogP contribution is -2.41. The van der Waals surface area contributed by atoms with Crippen LogP contribution in [-0.2, 0) is 5.54 Å². The zero-order valence-corrected chi connectivity index (χ0v) is 14.7. The number of hydrogen-bond acceptors (Lipinski definition) is 4. The molecule has 2 aromatic rings. The lowest BCUT2D eigenvalue weighted by atomic mass is 10.0. The predicted molar refractivity (Wildman–Crippen MR) is 88.4 cm³/mol. The van der Waals surface area contributed by atoms with E-state index in [1.54, 1.807) is 12.3 Å². The van der Waals surface area contributed by atoms with E-state index in [4.69, 9.17) is 5.11 Å². The van der Waals surface area contributed by atoms with Crippen molar-refractivity contribution in [3.63, 3.8) is 0 Å². The molecule has 0 saturated heterocycles. The van der Waals surface area contributed by atoms with E-state index in [0.29, 0.717) is 4.47 Å². The normalized spacial score (nSPS) is 11.3. The first-order valence-corrected chi connectivity index (χ1v) is 8.09. The van der Waals surface area contributed by atoms with E-state index in [9.17, 15) is 9.59 Å². The minimum atomic E-state index is -1.08. The van der Waals surface area contributed by atoms with Crippen LogP contribution in [0.2, 0.25) is 0 Å². The van der Waals surface area contributed by atoms with Crippen LogP contribution in [0.3, 0.4) is 0 Å². The van der Waals surface area contributed by atoms with E-state index in [-0.39, 0.29) is 17.0 Å². The third-order valence-corrected chi connectivity index (χ3v) is 4.68. The van der Waals surface area contributed by atoms with E-state index < -0.39 is 11.5 Å². The molecule has 0 aliphatic rings. The van der Waals surface area contributed by atoms with Crippen molar-refractivity contribution in [2.45, 2.75) is 26.3 Å². The number of rotatable bonds is 4. The lowest BCUT2D eigenvalue weighted by molar-refractivity contribution is 0.0697. The number of carbonyl (C=O) groups excluding carboxylic acids is 1. The highest BCUT2D eigenvalue weighted by Gasteiger charge is 2.27. The maximum absolute atomic E-state index is 12.4. The average molecular weight is 383 g/mol. The SMILES string of the molecule is Cc1cnc(C(C)(C)NC(=O)c2cc(Br)cc(C(=O)O)c2)s1. The molecule has 5 nitrogen and oxygen atoms in total. The number of halogens is 1. The number of carboxylic acid groups (broad SMARTS) is 1. The van der Waals surface area contributed by atoms with Crippen LogP contribution in [0.4, 0.5) is 0 Å². The van der Waals surface area contributed by atoms with Gasteiger partial charge < -0.3 is 10.4 Å². The van der Waals surface area contributed by atoms with Gasteiger partial charge in [-0.15, -0.1) is 11.3 Å². The Labute approximate surface area is 140 Å². The Bertz CT molecular complexity index is 740. The van der Waals surface area contributed by atoms with E-state index >= 15 is 0 Å². The van der Waals surface area contributed by atoms with Crippen LogP contribution in [0.15, 0.2) is 28.9 Å². The molecule has 2 N–H and O–H groups in total. The van der Waals surface area contributed by atoms with Gasteiger partial charge in [-0.3, -0.25) is 4.79 Å². The van der Waals surface area contributed by atoms with Gasteiger partial charge in [-0.1, -0.05) is 15.9 Å². The van der Waals surface area contributed by atoms with Gasteiger partial charge in [0.15, 0.2) is 0 Å². The monoisotopic (exact) mass is 382 g/mol. The predicted octanol–water partition coefficient (Wildman–Crippen LogP) is 3.58. The molecule has 0 radical (unpaired) electrons. The number of amides is 1. The number of hydrogen-bond donors (Lipinski definition) is 2. The summed E-state index contributed by atoms with van der Waals surface area (Å²) in [4.78, 5) is 28.9. The molecule has 7 heteroatoms. The zero-order chi connectivity index (χ0) is 16.5. The van der Waals surface area contributed by atoms with Gasteiger partial charge in [-0.2, -0.15) is 0 Å². The summed E-state index contributed by atoms with van der Waals surface area (Å²) in [6.07, 6.45) is 1.76. The summed E-state index contributed by atoms with van der Waals surface area (Å²) < 4.78 is 0.542. The topological polar surface area (TPSA) is 79.3 Å². The number of benzene rings is 1. The van der Waals surface area contributed by atoms with E-state index in [1.807, 2.05) is 20.8 Å². The smallest absolute Gasteiger partial charge is 0.335 e. The Hall–Kier alpha value is -1.73. The van der Waals surface area contributed by atoms with E-state index in [2.05, 4.69) is 26.2 Å². The highest BCUT2D eigenvalue weighted by Crippen LogP contribution is 2.25. The molecule has 1 heterocycles. The molecule has 0 unspecified atom stereocenters. The van der Waals surface area contributed by atoms with Crippen molar-refractivity contribution in [3.05, 3.63) is 49.9 Å². The van der Waals surface area contributed by atoms with Crippen LogP contribution >= 0.6 is 27.3 Å². The van der Waals surface area contributed by atoms with Gasteiger partial charge in [-0.25, -0.2) is 9.78 Å². The highest BCUT2D eigenvalue weighted by atomic mass is 79.9. The number of thiazole rings is 1. The summed E-state index contributed by atoms with van der Waals surface area (Å²) in [5, 5.41) is 12.8. The minimum Gasteiger partial charge on any atom is -0.478 e. The molecular formula is C15H15BrN2O3S. The maximum Gasteiger partial charge on any atom is 0.335 e. The van der Waals surface area contributed by atoms with Gasteiger partial charge in [0.25, 0.3) is 5.91 Å². The first-order chi connectivity index (χ1) is 10.2. The zero-order valence-electron chi connectivity index (χ0n) is 12.3. The Morgan fingerprint density at radius 1 is 1.27 bits per heavy atom. The summed E-state index contributed by atoms with van der Waals surface area (Å²) in [6, 6.07) is 4.39. The molecule has 1 amide bonds. The first kappa shape index (κ1) is 16.6. The number of nitrogens with zero attached hydrogens (tertiary/aromatic N) is 1. The molecule has 0 spiro atoms. The fourth-order valence-corrected chi connectivity index (χ4v) is 3.21. The van der Waals surface area contributed by atoms with Gasteiger partial charge in [-0.05, 0) is 39.0 Å². The number of nitrogens with one attached hydrogen (secondary N) is 1. The average Bonchev–Trinajstić information content (AvgIpc) is 2.85. The first-order valence-electron chi connectivity index (χ1n) is 6.48. The number of aromatic carboxylic acids is 1. The van der Waals surface area contributed by atoms with Crippen molar-refractivity contribution in [2.75, 3.05) is 0 Å². The molecule has 0 fully saturated rings. The maximum atomic E-state index is 12.4. The van der Waals surface area contributed by atoms with E-state index in [1.165, 1.54) is 23.5 Å². The molecular weight excluding hydrogens is 368 g/mol. The van der Waals surface area contributed by atoms with Gasteiger partial charge in [0.2, 0.25) is 0 Å². The number of aromatic nitrogens is 1. The Balaban J connectivity index is 2.27. The molecule has 0 saturated carbocycles. The fourth-order valence-electron chi connectivity index (χ4n) is 1.90. The molecule has 22 heavy (non-hydrogen) atoms. The van der Waals surface area contributed by atoms with Crippen LogP contribution in [0.25, 0.3) is 0 Å².